The Kier molecular flexibility index (Phi) is 5.78. The number of carbonyl (C=O) groups excluding carboxylic acids is 2. The Hall–Kier alpha value is -1.32. The smallest absolute Gasteiger partial charge is 0.467 e. The zero-order valence-corrected chi connectivity index (χ0v) is 12.5. The highest BCUT2D eigenvalue weighted by molar-refractivity contribution is 14.1. The van der Waals surface area contributed by atoms with Crippen LogP contribution in [0.3, 0.4) is 0 Å². The third-order valence-electron chi connectivity index (χ3n) is 2.40. The molecule has 8 heteroatoms. The molecule has 0 aliphatic rings. The summed E-state index contributed by atoms with van der Waals surface area (Å²) in [4.78, 5) is 22.3. The molecule has 0 fully saturated rings. The third-order valence-corrected chi connectivity index (χ3v) is 3.12. The molecule has 1 aromatic rings. The Morgan fingerprint density at radius 3 is 2.30 bits per heavy atom. The van der Waals surface area contributed by atoms with Crippen LogP contribution in [-0.4, -0.2) is 31.2 Å². The van der Waals surface area contributed by atoms with Crippen LogP contribution < -0.4 is 5.32 Å². The number of esters is 1. The summed E-state index contributed by atoms with van der Waals surface area (Å²) in [5.41, 5.74) is 0.614. The van der Waals surface area contributed by atoms with E-state index in [9.17, 15) is 22.8 Å². The first-order chi connectivity index (χ1) is 9.24. The van der Waals surface area contributed by atoms with Crippen LogP contribution in [0.1, 0.15) is 5.56 Å². The van der Waals surface area contributed by atoms with Crippen LogP contribution in [0, 0.1) is 3.57 Å². The Bertz CT molecular complexity index is 488. The predicted octanol–water partition coefficient (Wildman–Crippen LogP) is 2.05. The first-order valence-corrected chi connectivity index (χ1v) is 6.52. The summed E-state index contributed by atoms with van der Waals surface area (Å²) in [5, 5.41) is 1.63. The van der Waals surface area contributed by atoms with E-state index in [0.717, 1.165) is 10.7 Å². The molecule has 1 amide bonds. The highest BCUT2D eigenvalue weighted by Gasteiger charge is 2.41. The number of carbonyl (C=O) groups is 2. The van der Waals surface area contributed by atoms with E-state index in [-0.39, 0.29) is 6.42 Å². The van der Waals surface area contributed by atoms with Gasteiger partial charge in [0.1, 0.15) is 6.04 Å². The van der Waals surface area contributed by atoms with Gasteiger partial charge in [-0.05, 0) is 40.3 Å². The van der Waals surface area contributed by atoms with Crippen molar-refractivity contribution in [1.82, 2.24) is 5.32 Å². The van der Waals surface area contributed by atoms with Gasteiger partial charge in [-0.2, -0.15) is 13.2 Å². The Labute approximate surface area is 126 Å². The Balaban J connectivity index is 2.82. The van der Waals surface area contributed by atoms with Crippen molar-refractivity contribution in [2.45, 2.75) is 18.6 Å². The van der Waals surface area contributed by atoms with Gasteiger partial charge in [-0.1, -0.05) is 12.1 Å². The first kappa shape index (κ1) is 16.7. The third kappa shape index (κ3) is 4.99. The van der Waals surface area contributed by atoms with Crippen LogP contribution in [0.4, 0.5) is 13.2 Å². The van der Waals surface area contributed by atoms with Crippen molar-refractivity contribution in [3.8, 4) is 0 Å². The van der Waals surface area contributed by atoms with Gasteiger partial charge < -0.3 is 10.1 Å². The molecule has 0 saturated carbocycles. The molecule has 0 aliphatic carbocycles. The van der Waals surface area contributed by atoms with Crippen molar-refractivity contribution in [3.63, 3.8) is 0 Å². The highest BCUT2D eigenvalue weighted by Crippen LogP contribution is 2.16. The SMILES string of the molecule is COC(=O)C(Cc1ccc(I)cc1)NC(=O)C(F)(F)F. The number of methoxy groups -OCH3 is 1. The zero-order chi connectivity index (χ0) is 15.3. The van der Waals surface area contributed by atoms with Crippen molar-refractivity contribution in [2.24, 2.45) is 0 Å². The molecule has 0 spiro atoms. The summed E-state index contributed by atoms with van der Waals surface area (Å²) in [7, 11) is 1.04. The number of halogens is 4. The van der Waals surface area contributed by atoms with Gasteiger partial charge in [-0.15, -0.1) is 0 Å². The zero-order valence-electron chi connectivity index (χ0n) is 10.3. The molecule has 20 heavy (non-hydrogen) atoms. The molecule has 1 aromatic carbocycles. The fraction of sp³-hybridized carbons (Fsp3) is 0.333. The second-order valence-corrected chi connectivity index (χ2v) is 5.12. The Morgan fingerprint density at radius 1 is 1.30 bits per heavy atom. The lowest BCUT2D eigenvalue weighted by Gasteiger charge is -2.17. The van der Waals surface area contributed by atoms with Crippen molar-refractivity contribution in [3.05, 3.63) is 33.4 Å². The van der Waals surface area contributed by atoms with Gasteiger partial charge in [0.05, 0.1) is 7.11 Å². The number of benzene rings is 1. The fourth-order valence-corrected chi connectivity index (χ4v) is 1.79. The minimum atomic E-state index is -5.04. The molecular formula is C12H11F3INO3. The molecule has 4 nitrogen and oxygen atoms in total. The largest absolute Gasteiger partial charge is 0.471 e. The van der Waals surface area contributed by atoms with E-state index in [0.29, 0.717) is 5.56 Å². The summed E-state index contributed by atoms with van der Waals surface area (Å²) in [6.07, 6.45) is -5.12. The quantitative estimate of drug-likeness (QED) is 0.621. The Morgan fingerprint density at radius 2 is 1.85 bits per heavy atom. The molecule has 1 atom stereocenters. The topological polar surface area (TPSA) is 55.4 Å². The second kappa shape index (κ2) is 6.91. The lowest BCUT2D eigenvalue weighted by molar-refractivity contribution is -0.175. The minimum absolute atomic E-state index is 0.0780. The summed E-state index contributed by atoms with van der Waals surface area (Å²) in [6.45, 7) is 0. The van der Waals surface area contributed by atoms with Gasteiger partial charge in [0.25, 0.3) is 0 Å². The molecule has 1 rings (SSSR count). The molecule has 0 bridgehead atoms. The standard InChI is InChI=1S/C12H11F3INO3/c1-20-10(18)9(17-11(19)12(13,14)15)6-7-2-4-8(16)5-3-7/h2-5,9H,6H2,1H3,(H,17,19). The summed E-state index contributed by atoms with van der Waals surface area (Å²) in [6, 6.07) is 5.44. The van der Waals surface area contributed by atoms with Gasteiger partial charge in [-0.25, -0.2) is 4.79 Å². The van der Waals surface area contributed by atoms with E-state index >= 15 is 0 Å². The number of hydrogen-bond acceptors (Lipinski definition) is 3. The summed E-state index contributed by atoms with van der Waals surface area (Å²) >= 11 is 2.07. The van der Waals surface area contributed by atoms with Gasteiger partial charge in [0.15, 0.2) is 0 Å². The minimum Gasteiger partial charge on any atom is -0.467 e. The average molecular weight is 401 g/mol. The molecule has 0 saturated heterocycles. The number of alkyl halides is 3. The molecule has 0 aromatic heterocycles. The summed E-state index contributed by atoms with van der Waals surface area (Å²) < 4.78 is 42.0. The van der Waals surface area contributed by atoms with Gasteiger partial charge in [0, 0.05) is 9.99 Å². The lowest BCUT2D eigenvalue weighted by atomic mass is 10.1. The number of nitrogens with one attached hydrogen (secondary N) is 1. The van der Waals surface area contributed by atoms with Crippen LogP contribution in [0.15, 0.2) is 24.3 Å². The molecular weight excluding hydrogens is 390 g/mol. The molecule has 0 radical (unpaired) electrons. The van der Waals surface area contributed by atoms with Crippen LogP contribution in [0.2, 0.25) is 0 Å². The average Bonchev–Trinajstić information content (AvgIpc) is 2.38. The molecule has 110 valence electrons. The van der Waals surface area contributed by atoms with Crippen LogP contribution in [-0.2, 0) is 20.7 Å². The molecule has 0 aliphatic heterocycles. The van der Waals surface area contributed by atoms with Crippen LogP contribution >= 0.6 is 22.6 Å². The number of hydrogen-bond donors (Lipinski definition) is 1. The van der Waals surface area contributed by atoms with Crippen molar-refractivity contribution < 1.29 is 27.5 Å². The second-order valence-electron chi connectivity index (χ2n) is 3.88. The van der Waals surface area contributed by atoms with Gasteiger partial charge in [0.2, 0.25) is 0 Å². The van der Waals surface area contributed by atoms with E-state index in [1.807, 2.05) is 0 Å². The van der Waals surface area contributed by atoms with Crippen LogP contribution in [0.5, 0.6) is 0 Å². The van der Waals surface area contributed by atoms with Crippen molar-refractivity contribution in [1.29, 1.82) is 0 Å². The van der Waals surface area contributed by atoms with E-state index in [2.05, 4.69) is 27.3 Å². The van der Waals surface area contributed by atoms with Gasteiger partial charge >= 0.3 is 18.1 Å². The van der Waals surface area contributed by atoms with E-state index in [4.69, 9.17) is 0 Å². The predicted molar refractivity (Wildman–Crippen MR) is 72.9 cm³/mol. The number of rotatable bonds is 4. The normalized spacial score (nSPS) is 12.7. The van der Waals surface area contributed by atoms with Crippen molar-refractivity contribution >= 4 is 34.5 Å². The van der Waals surface area contributed by atoms with Crippen LogP contribution in [0.25, 0.3) is 0 Å². The van der Waals surface area contributed by atoms with Gasteiger partial charge in [-0.3, -0.25) is 4.79 Å². The van der Waals surface area contributed by atoms with E-state index < -0.39 is 24.1 Å². The van der Waals surface area contributed by atoms with Crippen molar-refractivity contribution in [2.75, 3.05) is 7.11 Å². The molecule has 1 N–H and O–H groups in total. The fourth-order valence-electron chi connectivity index (χ4n) is 1.43. The highest BCUT2D eigenvalue weighted by atomic mass is 127. The monoisotopic (exact) mass is 401 g/mol. The molecule has 1 unspecified atom stereocenters. The number of ether oxygens (including phenoxy) is 1. The maximum atomic E-state index is 12.2. The number of amides is 1. The first-order valence-electron chi connectivity index (χ1n) is 5.44. The maximum absolute atomic E-state index is 12.2. The van der Waals surface area contributed by atoms with E-state index in [1.54, 1.807) is 29.6 Å². The summed E-state index contributed by atoms with van der Waals surface area (Å²) in [5.74, 6) is -3.10. The lowest BCUT2D eigenvalue weighted by Crippen LogP contribution is -2.48. The molecule has 0 heterocycles. The van der Waals surface area contributed by atoms with E-state index in [1.165, 1.54) is 0 Å². The maximum Gasteiger partial charge on any atom is 0.471 e.